The molecule has 0 unspecified atom stereocenters. The highest BCUT2D eigenvalue weighted by molar-refractivity contribution is 6.30. The average molecular weight is 266 g/mol. The minimum atomic E-state index is -0.207. The molecule has 5 nitrogen and oxygen atoms in total. The summed E-state index contributed by atoms with van der Waals surface area (Å²) in [6.45, 7) is 1.92. The van der Waals surface area contributed by atoms with Crippen LogP contribution >= 0.6 is 11.6 Å². The quantitative estimate of drug-likeness (QED) is 0.892. The van der Waals surface area contributed by atoms with Crippen molar-refractivity contribution < 1.29 is 9.32 Å². The molecule has 18 heavy (non-hydrogen) atoms. The van der Waals surface area contributed by atoms with Crippen LogP contribution in [-0.2, 0) is 4.79 Å². The van der Waals surface area contributed by atoms with E-state index in [4.69, 9.17) is 16.1 Å². The number of halogens is 1. The summed E-state index contributed by atoms with van der Waals surface area (Å²) in [4.78, 5) is 11.6. The SMILES string of the molecule is Cc1cc(NC(=O)CNc2ccc(Cl)cc2)on1. The standard InChI is InChI=1S/C12H12ClN3O2/c1-8-6-12(18-16-8)15-11(17)7-14-10-4-2-9(13)3-5-10/h2-6,14H,7H2,1H3,(H,15,17). The molecule has 0 aliphatic carbocycles. The van der Waals surface area contributed by atoms with E-state index in [1.807, 2.05) is 0 Å². The van der Waals surface area contributed by atoms with Gasteiger partial charge >= 0.3 is 0 Å². The van der Waals surface area contributed by atoms with E-state index in [9.17, 15) is 4.79 Å². The van der Waals surface area contributed by atoms with E-state index in [2.05, 4.69) is 15.8 Å². The fraction of sp³-hybridized carbons (Fsp3) is 0.167. The van der Waals surface area contributed by atoms with Gasteiger partial charge < -0.3 is 9.84 Å². The van der Waals surface area contributed by atoms with Crippen molar-refractivity contribution in [1.29, 1.82) is 0 Å². The second-order valence-electron chi connectivity index (χ2n) is 3.74. The monoisotopic (exact) mass is 265 g/mol. The van der Waals surface area contributed by atoms with Crippen molar-refractivity contribution in [2.24, 2.45) is 0 Å². The first kappa shape index (κ1) is 12.4. The number of benzene rings is 1. The van der Waals surface area contributed by atoms with Crippen LogP contribution in [0.2, 0.25) is 5.02 Å². The van der Waals surface area contributed by atoms with Gasteiger partial charge in [-0.2, -0.15) is 0 Å². The Hall–Kier alpha value is -2.01. The van der Waals surface area contributed by atoms with Crippen molar-refractivity contribution in [3.05, 3.63) is 41.0 Å². The summed E-state index contributed by atoms with van der Waals surface area (Å²) in [6, 6.07) is 8.76. The van der Waals surface area contributed by atoms with Crippen molar-refractivity contribution >= 4 is 29.1 Å². The summed E-state index contributed by atoms with van der Waals surface area (Å²) < 4.78 is 4.88. The van der Waals surface area contributed by atoms with E-state index in [1.165, 1.54) is 0 Å². The first-order chi connectivity index (χ1) is 8.63. The maximum atomic E-state index is 11.6. The largest absolute Gasteiger partial charge is 0.376 e. The maximum absolute atomic E-state index is 11.6. The third-order valence-electron chi connectivity index (χ3n) is 2.19. The van der Waals surface area contributed by atoms with Crippen LogP contribution < -0.4 is 10.6 Å². The van der Waals surface area contributed by atoms with Crippen molar-refractivity contribution in [3.63, 3.8) is 0 Å². The van der Waals surface area contributed by atoms with E-state index in [-0.39, 0.29) is 12.5 Å². The summed E-state index contributed by atoms with van der Waals surface area (Å²) >= 11 is 5.76. The Morgan fingerprint density at radius 2 is 2.11 bits per heavy atom. The predicted octanol–water partition coefficient (Wildman–Crippen LogP) is 2.69. The number of amides is 1. The molecule has 2 rings (SSSR count). The molecule has 2 aromatic rings. The number of nitrogens with zero attached hydrogens (tertiary/aromatic N) is 1. The van der Waals surface area contributed by atoms with Crippen LogP contribution in [0, 0.1) is 6.92 Å². The van der Waals surface area contributed by atoms with Crippen LogP contribution in [0.4, 0.5) is 11.6 Å². The molecule has 0 spiro atoms. The fourth-order valence-corrected chi connectivity index (χ4v) is 1.48. The van der Waals surface area contributed by atoms with E-state index in [0.717, 1.165) is 11.4 Å². The Kier molecular flexibility index (Phi) is 3.84. The normalized spacial score (nSPS) is 10.1. The molecule has 1 heterocycles. The number of rotatable bonds is 4. The van der Waals surface area contributed by atoms with Crippen LogP contribution in [0.3, 0.4) is 0 Å². The zero-order valence-electron chi connectivity index (χ0n) is 9.74. The number of aryl methyl sites for hydroxylation is 1. The minimum Gasteiger partial charge on any atom is -0.376 e. The summed E-state index contributed by atoms with van der Waals surface area (Å²) in [6.07, 6.45) is 0. The lowest BCUT2D eigenvalue weighted by atomic mass is 10.3. The van der Waals surface area contributed by atoms with Gasteiger partial charge in [0, 0.05) is 16.8 Å². The Morgan fingerprint density at radius 1 is 1.39 bits per heavy atom. The van der Waals surface area contributed by atoms with Crippen LogP contribution in [0.15, 0.2) is 34.9 Å². The lowest BCUT2D eigenvalue weighted by Gasteiger charge is -2.05. The summed E-state index contributed by atoms with van der Waals surface area (Å²) in [7, 11) is 0. The topological polar surface area (TPSA) is 67.2 Å². The van der Waals surface area contributed by atoms with Crippen LogP contribution in [0.1, 0.15) is 5.69 Å². The van der Waals surface area contributed by atoms with Gasteiger partial charge in [-0.25, -0.2) is 0 Å². The Morgan fingerprint density at radius 3 is 2.72 bits per heavy atom. The number of hydrogen-bond donors (Lipinski definition) is 2. The van der Waals surface area contributed by atoms with Crippen LogP contribution in [0.5, 0.6) is 0 Å². The van der Waals surface area contributed by atoms with Gasteiger partial charge in [0.2, 0.25) is 11.8 Å². The molecule has 2 N–H and O–H groups in total. The third-order valence-corrected chi connectivity index (χ3v) is 2.44. The Labute approximate surface area is 109 Å². The first-order valence-corrected chi connectivity index (χ1v) is 5.74. The molecule has 0 radical (unpaired) electrons. The highest BCUT2D eigenvalue weighted by atomic mass is 35.5. The molecular formula is C12H12ClN3O2. The molecule has 0 aliphatic rings. The lowest BCUT2D eigenvalue weighted by molar-refractivity contribution is -0.114. The summed E-state index contributed by atoms with van der Waals surface area (Å²) in [5.74, 6) is 0.136. The summed E-state index contributed by atoms with van der Waals surface area (Å²) in [5, 5.41) is 9.88. The molecule has 0 atom stereocenters. The second-order valence-corrected chi connectivity index (χ2v) is 4.18. The highest BCUT2D eigenvalue weighted by Gasteiger charge is 2.05. The second kappa shape index (κ2) is 5.55. The molecule has 0 saturated heterocycles. The summed E-state index contributed by atoms with van der Waals surface area (Å²) in [5.41, 5.74) is 1.54. The van der Waals surface area contributed by atoms with E-state index < -0.39 is 0 Å². The third kappa shape index (κ3) is 3.49. The Bertz CT molecular complexity index is 537. The van der Waals surface area contributed by atoms with Gasteiger partial charge in [0.05, 0.1) is 12.2 Å². The molecule has 94 valence electrons. The first-order valence-electron chi connectivity index (χ1n) is 5.36. The van der Waals surface area contributed by atoms with Crippen molar-refractivity contribution in [3.8, 4) is 0 Å². The Balaban J connectivity index is 1.83. The van der Waals surface area contributed by atoms with E-state index in [1.54, 1.807) is 37.3 Å². The number of anilines is 2. The van der Waals surface area contributed by atoms with Gasteiger partial charge in [-0.3, -0.25) is 10.1 Å². The molecule has 0 bridgehead atoms. The highest BCUT2D eigenvalue weighted by Crippen LogP contribution is 2.13. The van der Waals surface area contributed by atoms with Gasteiger partial charge in [-0.15, -0.1) is 0 Å². The molecule has 1 amide bonds. The molecular weight excluding hydrogens is 254 g/mol. The van der Waals surface area contributed by atoms with Crippen molar-refractivity contribution in [2.45, 2.75) is 6.92 Å². The zero-order chi connectivity index (χ0) is 13.0. The minimum absolute atomic E-state index is 0.140. The molecule has 1 aromatic carbocycles. The number of nitrogens with one attached hydrogen (secondary N) is 2. The number of hydrogen-bond acceptors (Lipinski definition) is 4. The molecule has 0 fully saturated rings. The fourth-order valence-electron chi connectivity index (χ4n) is 1.35. The van der Waals surface area contributed by atoms with E-state index >= 15 is 0 Å². The van der Waals surface area contributed by atoms with Gasteiger partial charge in [-0.1, -0.05) is 16.8 Å². The number of carbonyl (C=O) groups excluding carboxylic acids is 1. The van der Waals surface area contributed by atoms with Gasteiger partial charge in [0.25, 0.3) is 0 Å². The average Bonchev–Trinajstić information content (AvgIpc) is 2.74. The van der Waals surface area contributed by atoms with Crippen LogP contribution in [0.25, 0.3) is 0 Å². The molecule has 0 aliphatic heterocycles. The molecule has 0 saturated carbocycles. The lowest BCUT2D eigenvalue weighted by Crippen LogP contribution is -2.21. The zero-order valence-corrected chi connectivity index (χ0v) is 10.5. The predicted molar refractivity (Wildman–Crippen MR) is 69.8 cm³/mol. The van der Waals surface area contributed by atoms with Crippen molar-refractivity contribution in [1.82, 2.24) is 5.16 Å². The van der Waals surface area contributed by atoms with E-state index in [0.29, 0.717) is 10.9 Å². The van der Waals surface area contributed by atoms with Gasteiger partial charge in [0.15, 0.2) is 0 Å². The molecule has 6 heteroatoms. The van der Waals surface area contributed by atoms with Gasteiger partial charge in [-0.05, 0) is 31.2 Å². The molecule has 1 aromatic heterocycles. The smallest absolute Gasteiger partial charge is 0.246 e. The number of aromatic nitrogens is 1. The number of carbonyl (C=O) groups is 1. The van der Waals surface area contributed by atoms with Crippen molar-refractivity contribution in [2.75, 3.05) is 17.2 Å². The van der Waals surface area contributed by atoms with Gasteiger partial charge in [0.1, 0.15) is 0 Å². The maximum Gasteiger partial charge on any atom is 0.246 e. The van der Waals surface area contributed by atoms with Crippen LogP contribution in [-0.4, -0.2) is 17.6 Å².